The van der Waals surface area contributed by atoms with E-state index < -0.39 is 5.38 Å². The molecule has 0 N–H and O–H groups in total. The Kier molecular flexibility index (Phi) is 5.52. The smallest absolute Gasteiger partial charge is 0.240 e. The number of hydrogen-bond donors (Lipinski definition) is 0. The highest BCUT2D eigenvalue weighted by molar-refractivity contribution is 6.30. The molecule has 0 aromatic rings. The number of ether oxygens (including phenoxy) is 2. The predicted molar refractivity (Wildman–Crippen MR) is 62.7 cm³/mol. The molecule has 1 aliphatic heterocycles. The monoisotopic (exact) mass is 249 g/mol. The number of amides is 1. The quantitative estimate of drug-likeness (QED) is 0.689. The molecule has 5 heteroatoms. The molecule has 3 atom stereocenters. The van der Waals surface area contributed by atoms with Gasteiger partial charge < -0.3 is 14.4 Å². The summed E-state index contributed by atoms with van der Waals surface area (Å²) in [5.74, 6) is -0.0476. The van der Waals surface area contributed by atoms with Crippen molar-refractivity contribution < 1.29 is 14.3 Å². The molecule has 1 amide bonds. The van der Waals surface area contributed by atoms with Crippen molar-refractivity contribution in [3.8, 4) is 0 Å². The summed E-state index contributed by atoms with van der Waals surface area (Å²) in [6, 6.07) is 0. The molecule has 1 heterocycles. The van der Waals surface area contributed by atoms with E-state index in [0.29, 0.717) is 26.3 Å². The van der Waals surface area contributed by atoms with Gasteiger partial charge in [0.1, 0.15) is 17.6 Å². The Hall–Kier alpha value is -0.320. The molecule has 0 aromatic heterocycles. The molecule has 0 aromatic carbocycles. The lowest BCUT2D eigenvalue weighted by Crippen LogP contribution is -2.34. The minimum absolute atomic E-state index is 0.0238. The van der Waals surface area contributed by atoms with Gasteiger partial charge in [-0.15, -0.1) is 11.6 Å². The molecule has 1 saturated heterocycles. The van der Waals surface area contributed by atoms with Crippen LogP contribution in [0.1, 0.15) is 20.8 Å². The van der Waals surface area contributed by atoms with Crippen LogP contribution in [0.4, 0.5) is 0 Å². The van der Waals surface area contributed by atoms with E-state index in [-0.39, 0.29) is 18.1 Å². The Labute approximate surface area is 102 Å². The second-order valence-corrected chi connectivity index (χ2v) is 4.50. The van der Waals surface area contributed by atoms with Gasteiger partial charge in [-0.2, -0.15) is 0 Å². The lowest BCUT2D eigenvalue weighted by atomic mass is 10.2. The summed E-state index contributed by atoms with van der Waals surface area (Å²) in [7, 11) is 0. The van der Waals surface area contributed by atoms with Gasteiger partial charge >= 0.3 is 0 Å². The van der Waals surface area contributed by atoms with Crippen LogP contribution in [0.5, 0.6) is 0 Å². The van der Waals surface area contributed by atoms with Crippen molar-refractivity contribution >= 4 is 17.5 Å². The Morgan fingerprint density at radius 3 is 2.06 bits per heavy atom. The molecule has 0 saturated carbocycles. The van der Waals surface area contributed by atoms with Crippen LogP contribution < -0.4 is 0 Å². The highest BCUT2D eigenvalue weighted by Crippen LogP contribution is 2.18. The number of carbonyl (C=O) groups excluding carboxylic acids is 1. The maximum absolute atomic E-state index is 11.7. The third-order valence-electron chi connectivity index (χ3n) is 2.63. The van der Waals surface area contributed by atoms with Crippen LogP contribution in [0.25, 0.3) is 0 Å². The Balaban J connectivity index is 2.57. The van der Waals surface area contributed by atoms with E-state index in [1.807, 2.05) is 13.8 Å². The van der Waals surface area contributed by atoms with E-state index in [4.69, 9.17) is 21.1 Å². The van der Waals surface area contributed by atoms with Gasteiger partial charge in [0.15, 0.2) is 0 Å². The van der Waals surface area contributed by atoms with Crippen LogP contribution in [0.15, 0.2) is 0 Å². The number of alkyl halides is 1. The number of nitrogens with zero attached hydrogens (tertiary/aromatic N) is 1. The fourth-order valence-electron chi connectivity index (χ4n) is 1.92. The zero-order valence-corrected chi connectivity index (χ0v) is 10.9. The van der Waals surface area contributed by atoms with Gasteiger partial charge in [-0.3, -0.25) is 4.79 Å². The molecular weight excluding hydrogens is 230 g/mol. The van der Waals surface area contributed by atoms with Crippen LogP contribution >= 0.6 is 11.6 Å². The Bertz CT molecular complexity index is 221. The van der Waals surface area contributed by atoms with Gasteiger partial charge in [-0.1, -0.05) is 0 Å². The van der Waals surface area contributed by atoms with Gasteiger partial charge in [-0.25, -0.2) is 0 Å². The molecule has 0 aliphatic carbocycles. The first kappa shape index (κ1) is 13.7. The van der Waals surface area contributed by atoms with Crippen LogP contribution in [-0.4, -0.2) is 54.7 Å². The molecule has 16 heavy (non-hydrogen) atoms. The molecule has 94 valence electrons. The summed E-state index contributed by atoms with van der Waals surface area (Å²) in [5.41, 5.74) is 0. The summed E-state index contributed by atoms with van der Waals surface area (Å²) >= 11 is 5.78. The third kappa shape index (κ3) is 3.34. The second-order valence-electron chi connectivity index (χ2n) is 3.85. The predicted octanol–water partition coefficient (Wildman–Crippen LogP) is 1.27. The summed E-state index contributed by atoms with van der Waals surface area (Å²) in [4.78, 5) is 13.4. The van der Waals surface area contributed by atoms with Crippen LogP contribution in [0, 0.1) is 0 Å². The van der Waals surface area contributed by atoms with E-state index in [1.165, 1.54) is 0 Å². The summed E-state index contributed by atoms with van der Waals surface area (Å²) in [6.45, 7) is 7.99. The van der Waals surface area contributed by atoms with Gasteiger partial charge in [-0.05, 0) is 20.8 Å². The molecule has 0 bridgehead atoms. The van der Waals surface area contributed by atoms with Crippen molar-refractivity contribution in [1.29, 1.82) is 0 Å². The van der Waals surface area contributed by atoms with Gasteiger partial charge in [0.25, 0.3) is 0 Å². The molecular formula is C11H20ClNO3. The summed E-state index contributed by atoms with van der Waals surface area (Å²) < 4.78 is 11.1. The Morgan fingerprint density at radius 2 is 1.75 bits per heavy atom. The fraction of sp³-hybridized carbons (Fsp3) is 0.909. The lowest BCUT2D eigenvalue weighted by Gasteiger charge is -2.17. The minimum Gasteiger partial charge on any atom is -0.374 e. The second kappa shape index (κ2) is 6.42. The number of halogens is 1. The maximum atomic E-state index is 11.7. The van der Waals surface area contributed by atoms with Gasteiger partial charge in [0.2, 0.25) is 5.91 Å². The molecule has 4 nitrogen and oxygen atoms in total. The van der Waals surface area contributed by atoms with E-state index in [0.717, 1.165) is 0 Å². The highest BCUT2D eigenvalue weighted by atomic mass is 35.5. The van der Waals surface area contributed by atoms with E-state index >= 15 is 0 Å². The maximum Gasteiger partial charge on any atom is 0.240 e. The van der Waals surface area contributed by atoms with Crippen LogP contribution in [0.3, 0.4) is 0 Å². The minimum atomic E-state index is -0.484. The number of hydrogen-bond acceptors (Lipinski definition) is 3. The van der Waals surface area contributed by atoms with Crippen molar-refractivity contribution in [2.75, 3.05) is 26.3 Å². The first-order valence-electron chi connectivity index (χ1n) is 5.76. The SMILES string of the molecule is CCO[C@@H]1CN(C(=O)[C@@H](C)Cl)C[C@H]1OCC. The zero-order chi connectivity index (χ0) is 12.1. The van der Waals surface area contributed by atoms with Crippen LogP contribution in [0.2, 0.25) is 0 Å². The molecule has 0 spiro atoms. The molecule has 0 radical (unpaired) electrons. The fourth-order valence-corrected chi connectivity index (χ4v) is 2.06. The highest BCUT2D eigenvalue weighted by Gasteiger charge is 2.37. The molecule has 0 unspecified atom stereocenters. The van der Waals surface area contributed by atoms with E-state index in [1.54, 1.807) is 11.8 Å². The number of carbonyl (C=O) groups is 1. The number of likely N-dealkylation sites (tertiary alicyclic amines) is 1. The summed E-state index contributed by atoms with van der Waals surface area (Å²) in [6.07, 6.45) is -0.0476. The van der Waals surface area contributed by atoms with Gasteiger partial charge in [0, 0.05) is 26.3 Å². The van der Waals surface area contributed by atoms with E-state index in [2.05, 4.69) is 0 Å². The average Bonchev–Trinajstić information content (AvgIpc) is 2.62. The zero-order valence-electron chi connectivity index (χ0n) is 10.1. The average molecular weight is 250 g/mol. The summed E-state index contributed by atoms with van der Waals surface area (Å²) in [5, 5.41) is -0.484. The van der Waals surface area contributed by atoms with Crippen molar-refractivity contribution in [3.05, 3.63) is 0 Å². The molecule has 1 fully saturated rings. The van der Waals surface area contributed by atoms with Crippen molar-refractivity contribution in [2.45, 2.75) is 38.4 Å². The number of rotatable bonds is 5. The Morgan fingerprint density at radius 1 is 1.31 bits per heavy atom. The first-order chi connectivity index (χ1) is 7.60. The topological polar surface area (TPSA) is 38.8 Å². The lowest BCUT2D eigenvalue weighted by molar-refractivity contribution is -0.130. The van der Waals surface area contributed by atoms with Crippen molar-refractivity contribution in [3.63, 3.8) is 0 Å². The third-order valence-corrected chi connectivity index (χ3v) is 2.82. The van der Waals surface area contributed by atoms with Gasteiger partial charge in [0.05, 0.1) is 0 Å². The first-order valence-corrected chi connectivity index (χ1v) is 6.19. The van der Waals surface area contributed by atoms with Crippen molar-refractivity contribution in [1.82, 2.24) is 4.90 Å². The normalized spacial score (nSPS) is 27.1. The largest absolute Gasteiger partial charge is 0.374 e. The molecule has 1 aliphatic rings. The standard InChI is InChI=1S/C11H20ClNO3/c1-4-15-9-6-13(11(14)8(3)12)7-10(9)16-5-2/h8-10H,4-7H2,1-3H3/t8-,9-,10-/m1/s1. The van der Waals surface area contributed by atoms with Crippen molar-refractivity contribution in [2.24, 2.45) is 0 Å². The van der Waals surface area contributed by atoms with Crippen LogP contribution in [-0.2, 0) is 14.3 Å². The van der Waals surface area contributed by atoms with E-state index in [9.17, 15) is 4.79 Å². The molecule has 1 rings (SSSR count).